The summed E-state index contributed by atoms with van der Waals surface area (Å²) in [6.07, 6.45) is 2.42. The summed E-state index contributed by atoms with van der Waals surface area (Å²) in [5, 5.41) is 17.2. The second-order valence-corrected chi connectivity index (χ2v) is 2.60. The van der Waals surface area contributed by atoms with E-state index >= 15 is 0 Å². The summed E-state index contributed by atoms with van der Waals surface area (Å²) in [6.45, 7) is 6.81. The predicted octanol–water partition coefficient (Wildman–Crippen LogP) is 0.893. The van der Waals surface area contributed by atoms with Crippen LogP contribution in [0.1, 0.15) is 12.8 Å². The van der Waals surface area contributed by atoms with Crippen LogP contribution in [-0.2, 0) is 9.59 Å². The quantitative estimate of drug-likeness (QED) is 0.636. The Morgan fingerprint density at radius 2 is 1.79 bits per heavy atom. The van der Waals surface area contributed by atoms with Crippen molar-refractivity contribution >= 4 is 11.9 Å². The molecule has 14 heavy (non-hydrogen) atoms. The molecule has 0 bridgehead atoms. The molecule has 0 aromatic rings. The minimum atomic E-state index is -1.09. The molecule has 0 spiro atoms. The predicted molar refractivity (Wildman–Crippen MR) is 50.5 cm³/mol. The lowest BCUT2D eigenvalue weighted by Gasteiger charge is -2.22. The number of nitrogens with zero attached hydrogens (tertiary/aromatic N) is 1. The molecular weight excluding hydrogens is 186 g/mol. The van der Waals surface area contributed by atoms with Gasteiger partial charge in [-0.1, -0.05) is 13.2 Å². The van der Waals surface area contributed by atoms with Crippen LogP contribution >= 0.6 is 0 Å². The van der Waals surface area contributed by atoms with Gasteiger partial charge in [-0.25, -0.2) is 4.79 Å². The number of hydrogen-bond donors (Lipinski definition) is 2. The molecule has 0 saturated heterocycles. The minimum absolute atomic E-state index is 0.0166. The number of carboxylic acids is 2. The van der Waals surface area contributed by atoms with Crippen LogP contribution in [0.15, 0.2) is 25.6 Å². The second kappa shape index (κ2) is 5.80. The molecule has 0 amide bonds. The fraction of sp³-hybridized carbons (Fsp3) is 0.333. The van der Waals surface area contributed by atoms with Gasteiger partial charge in [0.05, 0.1) is 0 Å². The molecule has 5 heteroatoms. The average molecular weight is 199 g/mol. The molecule has 0 radical (unpaired) electrons. The molecule has 0 saturated carbocycles. The summed E-state index contributed by atoms with van der Waals surface area (Å²) in [6, 6.07) is -0.916. The monoisotopic (exact) mass is 199 g/mol. The molecule has 0 rings (SSSR count). The molecule has 0 fully saturated rings. The first kappa shape index (κ1) is 12.2. The first-order chi connectivity index (χ1) is 6.52. The molecule has 0 aliphatic rings. The Hall–Kier alpha value is -1.78. The largest absolute Gasteiger partial charge is 0.481 e. The number of aliphatic carboxylic acids is 2. The Morgan fingerprint density at radius 1 is 1.29 bits per heavy atom. The van der Waals surface area contributed by atoms with Crippen LogP contribution in [0.2, 0.25) is 0 Å². The van der Waals surface area contributed by atoms with E-state index in [-0.39, 0.29) is 12.8 Å². The lowest BCUT2D eigenvalue weighted by molar-refractivity contribution is -0.142. The van der Waals surface area contributed by atoms with Crippen LogP contribution < -0.4 is 0 Å². The maximum atomic E-state index is 10.7. The third-order valence-electron chi connectivity index (χ3n) is 1.70. The average Bonchev–Trinajstić information content (AvgIpc) is 2.11. The van der Waals surface area contributed by atoms with E-state index in [2.05, 4.69) is 13.2 Å². The van der Waals surface area contributed by atoms with Crippen molar-refractivity contribution in [3.05, 3.63) is 25.6 Å². The summed E-state index contributed by atoms with van der Waals surface area (Å²) >= 11 is 0. The Morgan fingerprint density at radius 3 is 2.07 bits per heavy atom. The van der Waals surface area contributed by atoms with Gasteiger partial charge in [-0.15, -0.1) is 0 Å². The highest BCUT2D eigenvalue weighted by molar-refractivity contribution is 5.75. The molecule has 78 valence electrons. The van der Waals surface area contributed by atoms with Crippen LogP contribution in [0.5, 0.6) is 0 Å². The third-order valence-corrected chi connectivity index (χ3v) is 1.70. The molecule has 0 aliphatic heterocycles. The molecule has 0 heterocycles. The van der Waals surface area contributed by atoms with Crippen molar-refractivity contribution in [2.45, 2.75) is 18.9 Å². The van der Waals surface area contributed by atoms with E-state index in [0.29, 0.717) is 0 Å². The van der Waals surface area contributed by atoms with Gasteiger partial charge in [0.15, 0.2) is 0 Å². The zero-order valence-electron chi connectivity index (χ0n) is 7.72. The minimum Gasteiger partial charge on any atom is -0.481 e. The molecule has 0 aromatic carbocycles. The smallest absolute Gasteiger partial charge is 0.326 e. The SMILES string of the molecule is C=CN(C=C)C(CCC(=O)O)C(=O)O. The van der Waals surface area contributed by atoms with Gasteiger partial charge in [-0.05, 0) is 18.8 Å². The maximum Gasteiger partial charge on any atom is 0.326 e. The topological polar surface area (TPSA) is 77.8 Å². The van der Waals surface area contributed by atoms with Crippen LogP contribution in [0.4, 0.5) is 0 Å². The van der Waals surface area contributed by atoms with Gasteiger partial charge in [-0.3, -0.25) is 4.79 Å². The highest BCUT2D eigenvalue weighted by atomic mass is 16.4. The Kier molecular flexibility index (Phi) is 5.06. The molecule has 0 aromatic heterocycles. The number of hydrogen-bond acceptors (Lipinski definition) is 3. The zero-order chi connectivity index (χ0) is 11.1. The van der Waals surface area contributed by atoms with Gasteiger partial charge < -0.3 is 15.1 Å². The Labute approximate surface area is 82.0 Å². The van der Waals surface area contributed by atoms with E-state index < -0.39 is 18.0 Å². The Balaban J connectivity index is 4.41. The molecular formula is C9H13NO4. The van der Waals surface area contributed by atoms with Crippen molar-refractivity contribution < 1.29 is 19.8 Å². The van der Waals surface area contributed by atoms with Crippen molar-refractivity contribution in [2.24, 2.45) is 0 Å². The highest BCUT2D eigenvalue weighted by Crippen LogP contribution is 2.08. The third kappa shape index (κ3) is 3.75. The van der Waals surface area contributed by atoms with Gasteiger partial charge in [0, 0.05) is 6.42 Å². The van der Waals surface area contributed by atoms with E-state index in [1.807, 2.05) is 0 Å². The van der Waals surface area contributed by atoms with Crippen molar-refractivity contribution in [2.75, 3.05) is 0 Å². The standard InChI is InChI=1S/C9H13NO4/c1-3-10(4-2)7(9(13)14)5-6-8(11)12/h3-4,7H,1-2,5-6H2,(H,11,12)(H,13,14). The molecule has 1 unspecified atom stereocenters. The normalized spacial score (nSPS) is 11.4. The first-order valence-corrected chi connectivity index (χ1v) is 4.00. The fourth-order valence-electron chi connectivity index (χ4n) is 0.989. The number of carboxylic acid groups (broad SMARTS) is 2. The lowest BCUT2D eigenvalue weighted by atomic mass is 10.1. The van der Waals surface area contributed by atoms with E-state index in [9.17, 15) is 9.59 Å². The summed E-state index contributed by atoms with van der Waals surface area (Å²) in [4.78, 5) is 22.3. The van der Waals surface area contributed by atoms with Crippen LogP contribution in [0, 0.1) is 0 Å². The van der Waals surface area contributed by atoms with E-state index in [1.165, 1.54) is 17.3 Å². The number of rotatable bonds is 7. The summed E-state index contributed by atoms with van der Waals surface area (Å²) in [7, 11) is 0. The zero-order valence-corrected chi connectivity index (χ0v) is 7.72. The van der Waals surface area contributed by atoms with Gasteiger partial charge >= 0.3 is 11.9 Å². The van der Waals surface area contributed by atoms with E-state index in [1.54, 1.807) is 0 Å². The Bertz CT molecular complexity index is 241. The van der Waals surface area contributed by atoms with Gasteiger partial charge in [0.2, 0.25) is 0 Å². The molecule has 1 atom stereocenters. The summed E-state index contributed by atoms with van der Waals surface area (Å²) in [5.74, 6) is -2.12. The van der Waals surface area contributed by atoms with Crippen LogP contribution in [0.25, 0.3) is 0 Å². The summed E-state index contributed by atoms with van der Waals surface area (Å²) in [5.41, 5.74) is 0. The first-order valence-electron chi connectivity index (χ1n) is 4.00. The van der Waals surface area contributed by atoms with Gasteiger partial charge in [0.1, 0.15) is 6.04 Å². The lowest BCUT2D eigenvalue weighted by Crippen LogP contribution is -2.34. The van der Waals surface area contributed by atoms with Crippen molar-refractivity contribution in [1.29, 1.82) is 0 Å². The highest BCUT2D eigenvalue weighted by Gasteiger charge is 2.21. The summed E-state index contributed by atoms with van der Waals surface area (Å²) < 4.78 is 0. The van der Waals surface area contributed by atoms with Crippen molar-refractivity contribution in [3.63, 3.8) is 0 Å². The van der Waals surface area contributed by atoms with Crippen LogP contribution in [0.3, 0.4) is 0 Å². The van der Waals surface area contributed by atoms with Gasteiger partial charge in [-0.2, -0.15) is 0 Å². The second-order valence-electron chi connectivity index (χ2n) is 2.60. The van der Waals surface area contributed by atoms with Crippen LogP contribution in [-0.4, -0.2) is 33.1 Å². The van der Waals surface area contributed by atoms with Crippen molar-refractivity contribution in [3.8, 4) is 0 Å². The van der Waals surface area contributed by atoms with E-state index in [4.69, 9.17) is 10.2 Å². The molecule has 2 N–H and O–H groups in total. The fourth-order valence-corrected chi connectivity index (χ4v) is 0.989. The maximum absolute atomic E-state index is 10.7. The van der Waals surface area contributed by atoms with Gasteiger partial charge in [0.25, 0.3) is 0 Å². The molecule has 0 aliphatic carbocycles. The molecule has 5 nitrogen and oxygen atoms in total. The number of carbonyl (C=O) groups is 2. The van der Waals surface area contributed by atoms with Crippen molar-refractivity contribution in [1.82, 2.24) is 4.90 Å². The van der Waals surface area contributed by atoms with E-state index in [0.717, 1.165) is 0 Å².